The molecule has 0 radical (unpaired) electrons. The number of nitrogens with two attached hydrogens (primary N) is 1. The van der Waals surface area contributed by atoms with Gasteiger partial charge in [-0.25, -0.2) is 8.78 Å². The van der Waals surface area contributed by atoms with Gasteiger partial charge < -0.3 is 5.73 Å². The van der Waals surface area contributed by atoms with Gasteiger partial charge >= 0.3 is 0 Å². The normalized spacial score (nSPS) is 13.1. The molecule has 1 aromatic rings. The van der Waals surface area contributed by atoms with Crippen LogP contribution in [-0.4, -0.2) is 0 Å². The zero-order valence-corrected chi connectivity index (χ0v) is 7.20. The van der Waals surface area contributed by atoms with Gasteiger partial charge in [0.25, 0.3) is 0 Å². The molecule has 0 spiro atoms. The molecule has 0 aliphatic rings. The van der Waals surface area contributed by atoms with E-state index in [1.807, 2.05) is 0 Å². The second-order valence-electron chi connectivity index (χ2n) is 2.55. The molecular formula is C8H8ClF2N. The molecule has 0 heterocycles. The summed E-state index contributed by atoms with van der Waals surface area (Å²) in [7, 11) is 0. The first-order chi connectivity index (χ1) is 5.54. The molecule has 1 rings (SSSR count). The van der Waals surface area contributed by atoms with Crippen LogP contribution in [0.2, 0.25) is 5.02 Å². The maximum atomic E-state index is 13.0. The zero-order chi connectivity index (χ0) is 9.30. The molecule has 0 saturated heterocycles. The van der Waals surface area contributed by atoms with Gasteiger partial charge in [-0.05, 0) is 19.1 Å². The first-order valence-electron chi connectivity index (χ1n) is 3.43. The van der Waals surface area contributed by atoms with Gasteiger partial charge in [-0.2, -0.15) is 0 Å². The van der Waals surface area contributed by atoms with Gasteiger partial charge in [0.1, 0.15) is 11.6 Å². The molecule has 1 aromatic carbocycles. The highest BCUT2D eigenvalue weighted by Gasteiger charge is 2.14. The van der Waals surface area contributed by atoms with Crippen molar-refractivity contribution in [2.45, 2.75) is 13.0 Å². The van der Waals surface area contributed by atoms with Crippen molar-refractivity contribution in [3.05, 3.63) is 34.4 Å². The minimum absolute atomic E-state index is 0.0247. The molecule has 0 bridgehead atoms. The highest BCUT2D eigenvalue weighted by atomic mass is 35.5. The van der Waals surface area contributed by atoms with Gasteiger partial charge in [0.2, 0.25) is 0 Å². The Morgan fingerprint density at radius 2 is 1.83 bits per heavy atom. The van der Waals surface area contributed by atoms with Crippen LogP contribution in [0.3, 0.4) is 0 Å². The van der Waals surface area contributed by atoms with E-state index in [0.29, 0.717) is 0 Å². The van der Waals surface area contributed by atoms with E-state index in [-0.39, 0.29) is 10.6 Å². The Bertz CT molecular complexity index is 299. The summed E-state index contributed by atoms with van der Waals surface area (Å²) >= 11 is 5.50. The summed E-state index contributed by atoms with van der Waals surface area (Å²) in [6.45, 7) is 1.55. The standard InChI is InChI=1S/C8H8ClF2N/c1-4(12)7-5(10)2-3-6(11)8(7)9/h2-4H,12H2,1H3/t4-/m0/s1. The van der Waals surface area contributed by atoms with E-state index in [4.69, 9.17) is 17.3 Å². The fourth-order valence-electron chi connectivity index (χ4n) is 0.960. The van der Waals surface area contributed by atoms with Crippen molar-refractivity contribution in [1.29, 1.82) is 0 Å². The Labute approximate surface area is 74.1 Å². The second kappa shape index (κ2) is 3.37. The second-order valence-corrected chi connectivity index (χ2v) is 2.92. The predicted molar refractivity (Wildman–Crippen MR) is 44.0 cm³/mol. The lowest BCUT2D eigenvalue weighted by Gasteiger charge is -2.09. The quantitative estimate of drug-likeness (QED) is 0.679. The number of halogens is 3. The fourth-order valence-corrected chi connectivity index (χ4v) is 1.29. The third kappa shape index (κ3) is 1.57. The van der Waals surface area contributed by atoms with Gasteiger partial charge in [-0.1, -0.05) is 11.6 Å². The molecule has 0 amide bonds. The van der Waals surface area contributed by atoms with Gasteiger partial charge in [-0.15, -0.1) is 0 Å². The average Bonchev–Trinajstić information content (AvgIpc) is 1.97. The largest absolute Gasteiger partial charge is 0.324 e. The van der Waals surface area contributed by atoms with Crippen molar-refractivity contribution >= 4 is 11.6 Å². The molecule has 0 aliphatic heterocycles. The number of benzene rings is 1. The van der Waals surface area contributed by atoms with Crippen LogP contribution in [0.25, 0.3) is 0 Å². The van der Waals surface area contributed by atoms with Crippen molar-refractivity contribution in [1.82, 2.24) is 0 Å². The van der Waals surface area contributed by atoms with Gasteiger partial charge in [0.15, 0.2) is 0 Å². The van der Waals surface area contributed by atoms with E-state index in [1.54, 1.807) is 6.92 Å². The first kappa shape index (κ1) is 9.42. The Hall–Kier alpha value is -0.670. The SMILES string of the molecule is C[C@H](N)c1c(F)ccc(F)c1Cl. The molecule has 1 atom stereocenters. The van der Waals surface area contributed by atoms with E-state index >= 15 is 0 Å². The Kier molecular flexibility index (Phi) is 2.65. The Morgan fingerprint density at radius 3 is 2.25 bits per heavy atom. The minimum atomic E-state index is -0.648. The molecule has 0 saturated carbocycles. The van der Waals surface area contributed by atoms with Crippen LogP contribution >= 0.6 is 11.6 Å². The van der Waals surface area contributed by atoms with Crippen LogP contribution in [0.4, 0.5) is 8.78 Å². The molecular weight excluding hydrogens is 184 g/mol. The lowest BCUT2D eigenvalue weighted by molar-refractivity contribution is 0.572. The summed E-state index contributed by atoms with van der Waals surface area (Å²) in [5.74, 6) is -1.22. The Balaban J connectivity index is 3.33. The maximum Gasteiger partial charge on any atom is 0.142 e. The number of hydrogen-bond acceptors (Lipinski definition) is 1. The molecule has 0 unspecified atom stereocenters. The van der Waals surface area contributed by atoms with Crippen LogP contribution in [0.15, 0.2) is 12.1 Å². The van der Waals surface area contributed by atoms with E-state index in [2.05, 4.69) is 0 Å². The van der Waals surface area contributed by atoms with Crippen LogP contribution in [0, 0.1) is 11.6 Å². The van der Waals surface area contributed by atoms with Crippen molar-refractivity contribution in [2.75, 3.05) is 0 Å². The summed E-state index contributed by atoms with van der Waals surface area (Å²) < 4.78 is 25.7. The van der Waals surface area contributed by atoms with Gasteiger partial charge in [0.05, 0.1) is 5.02 Å². The highest BCUT2D eigenvalue weighted by Crippen LogP contribution is 2.26. The van der Waals surface area contributed by atoms with E-state index in [1.165, 1.54) is 0 Å². The smallest absolute Gasteiger partial charge is 0.142 e. The number of hydrogen-bond donors (Lipinski definition) is 1. The lowest BCUT2D eigenvalue weighted by atomic mass is 10.1. The summed E-state index contributed by atoms with van der Waals surface area (Å²) in [6, 6.07) is 1.39. The molecule has 0 aliphatic carbocycles. The van der Waals surface area contributed by atoms with Crippen molar-refractivity contribution in [3.63, 3.8) is 0 Å². The van der Waals surface area contributed by atoms with Crippen molar-refractivity contribution in [3.8, 4) is 0 Å². The summed E-state index contributed by atoms with van der Waals surface area (Å²) in [5.41, 5.74) is 5.42. The first-order valence-corrected chi connectivity index (χ1v) is 3.80. The van der Waals surface area contributed by atoms with Crippen LogP contribution in [0.5, 0.6) is 0 Å². The molecule has 0 aromatic heterocycles. The third-order valence-electron chi connectivity index (χ3n) is 1.53. The van der Waals surface area contributed by atoms with E-state index in [0.717, 1.165) is 12.1 Å². The van der Waals surface area contributed by atoms with Crippen molar-refractivity contribution < 1.29 is 8.78 Å². The lowest BCUT2D eigenvalue weighted by Crippen LogP contribution is -2.09. The molecule has 12 heavy (non-hydrogen) atoms. The average molecular weight is 192 g/mol. The van der Waals surface area contributed by atoms with E-state index < -0.39 is 17.7 Å². The summed E-state index contributed by atoms with van der Waals surface area (Å²) in [6.07, 6.45) is 0. The van der Waals surface area contributed by atoms with Crippen LogP contribution in [0.1, 0.15) is 18.5 Å². The molecule has 1 nitrogen and oxygen atoms in total. The molecule has 0 fully saturated rings. The third-order valence-corrected chi connectivity index (χ3v) is 1.92. The highest BCUT2D eigenvalue weighted by molar-refractivity contribution is 6.31. The van der Waals surface area contributed by atoms with Crippen LogP contribution in [-0.2, 0) is 0 Å². The van der Waals surface area contributed by atoms with Crippen LogP contribution < -0.4 is 5.73 Å². The maximum absolute atomic E-state index is 13.0. The molecule has 66 valence electrons. The van der Waals surface area contributed by atoms with E-state index in [9.17, 15) is 8.78 Å². The number of rotatable bonds is 1. The predicted octanol–water partition coefficient (Wildman–Crippen LogP) is 2.64. The topological polar surface area (TPSA) is 26.0 Å². The summed E-state index contributed by atoms with van der Waals surface area (Å²) in [4.78, 5) is 0. The van der Waals surface area contributed by atoms with Gasteiger partial charge in [0, 0.05) is 11.6 Å². The minimum Gasteiger partial charge on any atom is -0.324 e. The van der Waals surface area contributed by atoms with Crippen molar-refractivity contribution in [2.24, 2.45) is 5.73 Å². The molecule has 2 N–H and O–H groups in total. The molecule has 4 heteroatoms. The fraction of sp³-hybridized carbons (Fsp3) is 0.250. The summed E-state index contributed by atoms with van der Waals surface area (Å²) in [5, 5.41) is -0.231. The monoisotopic (exact) mass is 191 g/mol. The Morgan fingerprint density at radius 1 is 1.33 bits per heavy atom. The zero-order valence-electron chi connectivity index (χ0n) is 6.44. The van der Waals surface area contributed by atoms with Gasteiger partial charge in [-0.3, -0.25) is 0 Å².